The Bertz CT molecular complexity index is 893. The van der Waals surface area contributed by atoms with Crippen molar-refractivity contribution >= 4 is 29.1 Å². The molecule has 2 heterocycles. The van der Waals surface area contributed by atoms with Crippen molar-refractivity contribution < 1.29 is 14.6 Å². The third kappa shape index (κ3) is 4.58. The van der Waals surface area contributed by atoms with E-state index in [1.54, 1.807) is 18.5 Å². The van der Waals surface area contributed by atoms with Crippen LogP contribution in [0.5, 0.6) is 0 Å². The summed E-state index contributed by atoms with van der Waals surface area (Å²) in [5.41, 5.74) is 2.25. The van der Waals surface area contributed by atoms with E-state index < -0.39 is 5.97 Å². The lowest BCUT2D eigenvalue weighted by Crippen LogP contribution is -2.11. The lowest BCUT2D eigenvalue weighted by atomic mass is 10.1. The quantitative estimate of drug-likeness (QED) is 0.454. The Morgan fingerprint density at radius 2 is 2.15 bits per heavy atom. The summed E-state index contributed by atoms with van der Waals surface area (Å²) >= 11 is 2.96. The number of imidazole rings is 1. The van der Waals surface area contributed by atoms with Crippen LogP contribution >= 0.6 is 23.1 Å². The van der Waals surface area contributed by atoms with Crippen molar-refractivity contribution in [2.45, 2.75) is 37.4 Å². The zero-order chi connectivity index (χ0) is 19.2. The highest BCUT2D eigenvalue weighted by atomic mass is 32.2. The molecular weight excluding hydrogens is 382 g/mol. The number of ether oxygens (including phenoxy) is 1. The van der Waals surface area contributed by atoms with Gasteiger partial charge in [0.25, 0.3) is 0 Å². The maximum absolute atomic E-state index is 11.7. The van der Waals surface area contributed by atoms with Crippen molar-refractivity contribution in [2.75, 3.05) is 6.61 Å². The molecule has 0 fully saturated rings. The van der Waals surface area contributed by atoms with Crippen molar-refractivity contribution in [3.05, 3.63) is 63.9 Å². The number of carbonyl (C=O) groups is 1. The molecular formula is C19H21N3O3S2. The largest absolute Gasteiger partial charge is 0.461 e. The number of aliphatic hydroxyl groups excluding tert-OH is 1. The lowest BCUT2D eigenvalue weighted by molar-refractivity contribution is 0.0520. The van der Waals surface area contributed by atoms with Crippen LogP contribution in [0.25, 0.3) is 0 Å². The van der Waals surface area contributed by atoms with Gasteiger partial charge in [-0.2, -0.15) is 0 Å². The highest BCUT2D eigenvalue weighted by Gasteiger charge is 2.18. The average molecular weight is 404 g/mol. The molecule has 0 aliphatic rings. The van der Waals surface area contributed by atoms with Gasteiger partial charge in [-0.05, 0) is 19.4 Å². The SMILES string of the molecule is CCOC(=O)c1csc(CSc2ncc(CO)n2C(C)c2ccccc2)n1. The second-order valence-corrected chi connectivity index (χ2v) is 7.67. The molecule has 6 nitrogen and oxygen atoms in total. The summed E-state index contributed by atoms with van der Waals surface area (Å²) in [5, 5.41) is 13.0. The Morgan fingerprint density at radius 1 is 1.37 bits per heavy atom. The van der Waals surface area contributed by atoms with Gasteiger partial charge < -0.3 is 14.4 Å². The van der Waals surface area contributed by atoms with Crippen molar-refractivity contribution in [1.29, 1.82) is 0 Å². The molecule has 142 valence electrons. The van der Waals surface area contributed by atoms with Crippen LogP contribution in [0.3, 0.4) is 0 Å². The number of carbonyl (C=O) groups excluding carboxylic acids is 1. The fourth-order valence-electron chi connectivity index (χ4n) is 2.70. The number of nitrogens with zero attached hydrogens (tertiary/aromatic N) is 3. The first-order valence-corrected chi connectivity index (χ1v) is 10.5. The first-order valence-electron chi connectivity index (χ1n) is 8.60. The van der Waals surface area contributed by atoms with Gasteiger partial charge in [-0.1, -0.05) is 42.1 Å². The van der Waals surface area contributed by atoms with E-state index in [4.69, 9.17) is 4.74 Å². The Labute approximate surface area is 166 Å². The number of aliphatic hydroxyl groups is 1. The Hall–Kier alpha value is -2.16. The monoisotopic (exact) mass is 403 g/mol. The topological polar surface area (TPSA) is 77.2 Å². The Morgan fingerprint density at radius 3 is 2.85 bits per heavy atom. The van der Waals surface area contributed by atoms with Crippen LogP contribution in [0, 0.1) is 0 Å². The van der Waals surface area contributed by atoms with Gasteiger partial charge in [-0.15, -0.1) is 11.3 Å². The van der Waals surface area contributed by atoms with Gasteiger partial charge in [-0.3, -0.25) is 0 Å². The molecule has 2 aromatic heterocycles. The van der Waals surface area contributed by atoms with E-state index in [2.05, 4.69) is 29.0 Å². The maximum atomic E-state index is 11.7. The molecule has 0 saturated carbocycles. The Kier molecular flexibility index (Phi) is 6.65. The van der Waals surface area contributed by atoms with E-state index in [9.17, 15) is 9.90 Å². The second-order valence-electron chi connectivity index (χ2n) is 5.78. The van der Waals surface area contributed by atoms with Gasteiger partial charge >= 0.3 is 5.97 Å². The molecule has 0 radical (unpaired) electrons. The molecule has 0 aliphatic carbocycles. The molecule has 8 heteroatoms. The minimum absolute atomic E-state index is 0.0461. The fraction of sp³-hybridized carbons (Fsp3) is 0.316. The molecule has 0 bridgehead atoms. The van der Waals surface area contributed by atoms with Gasteiger partial charge in [0.2, 0.25) is 0 Å². The second kappa shape index (κ2) is 9.16. The first kappa shape index (κ1) is 19.6. The smallest absolute Gasteiger partial charge is 0.357 e. The summed E-state index contributed by atoms with van der Waals surface area (Å²) in [6.45, 7) is 4.12. The van der Waals surface area contributed by atoms with Crippen LogP contribution in [-0.2, 0) is 17.1 Å². The summed E-state index contributed by atoms with van der Waals surface area (Å²) in [7, 11) is 0. The average Bonchev–Trinajstić information content (AvgIpc) is 3.33. The van der Waals surface area contributed by atoms with Crippen molar-refractivity contribution in [1.82, 2.24) is 14.5 Å². The van der Waals surface area contributed by atoms with Crippen LogP contribution in [0.1, 0.15) is 46.6 Å². The highest BCUT2D eigenvalue weighted by molar-refractivity contribution is 7.98. The molecule has 0 aliphatic heterocycles. The summed E-state index contributed by atoms with van der Waals surface area (Å²) < 4.78 is 7.02. The molecule has 3 rings (SSSR count). The number of aromatic nitrogens is 3. The van der Waals surface area contributed by atoms with Gasteiger partial charge in [0, 0.05) is 5.38 Å². The lowest BCUT2D eigenvalue weighted by Gasteiger charge is -2.19. The van der Waals surface area contributed by atoms with Crippen LogP contribution in [0.2, 0.25) is 0 Å². The summed E-state index contributed by atoms with van der Waals surface area (Å²) in [4.78, 5) is 20.6. The summed E-state index contributed by atoms with van der Waals surface area (Å²) in [6.07, 6.45) is 1.70. The van der Waals surface area contributed by atoms with Crippen LogP contribution in [-0.4, -0.2) is 32.2 Å². The number of esters is 1. The maximum Gasteiger partial charge on any atom is 0.357 e. The highest BCUT2D eigenvalue weighted by Crippen LogP contribution is 2.30. The molecule has 0 saturated heterocycles. The molecule has 0 spiro atoms. The summed E-state index contributed by atoms with van der Waals surface area (Å²) in [5.74, 6) is 0.194. The zero-order valence-electron chi connectivity index (χ0n) is 15.2. The third-order valence-electron chi connectivity index (χ3n) is 4.03. The molecule has 1 unspecified atom stereocenters. The molecule has 1 N–H and O–H groups in total. The van der Waals surface area contributed by atoms with E-state index >= 15 is 0 Å². The number of rotatable bonds is 8. The van der Waals surface area contributed by atoms with Gasteiger partial charge in [0.05, 0.1) is 36.9 Å². The van der Waals surface area contributed by atoms with Crippen molar-refractivity contribution in [2.24, 2.45) is 0 Å². The fourth-order valence-corrected chi connectivity index (χ4v) is 4.55. The van der Waals surface area contributed by atoms with Gasteiger partial charge in [0.1, 0.15) is 5.01 Å². The van der Waals surface area contributed by atoms with Gasteiger partial charge in [-0.25, -0.2) is 14.8 Å². The first-order chi connectivity index (χ1) is 13.1. The zero-order valence-corrected chi connectivity index (χ0v) is 16.8. The standard InChI is InChI=1S/C19H21N3O3S2/c1-3-25-18(24)16-11-26-17(21-16)12-27-19-20-9-15(10-23)22(19)13(2)14-7-5-4-6-8-14/h4-9,11,13,23H,3,10,12H2,1-2H3. The van der Waals surface area contributed by atoms with Crippen molar-refractivity contribution in [3.63, 3.8) is 0 Å². The van der Waals surface area contributed by atoms with E-state index in [1.807, 2.05) is 22.8 Å². The molecule has 27 heavy (non-hydrogen) atoms. The summed E-state index contributed by atoms with van der Waals surface area (Å²) in [6, 6.07) is 10.2. The number of thiazole rings is 1. The van der Waals surface area contributed by atoms with Gasteiger partial charge in [0.15, 0.2) is 10.9 Å². The normalized spacial score (nSPS) is 12.1. The minimum Gasteiger partial charge on any atom is -0.461 e. The van der Waals surface area contributed by atoms with Crippen molar-refractivity contribution in [3.8, 4) is 0 Å². The molecule has 1 aromatic carbocycles. The van der Waals surface area contributed by atoms with Crippen LogP contribution in [0.4, 0.5) is 0 Å². The molecule has 0 amide bonds. The molecule has 1 atom stereocenters. The number of hydrogen-bond acceptors (Lipinski definition) is 7. The third-order valence-corrected chi connectivity index (χ3v) is 6.04. The minimum atomic E-state index is -0.397. The van der Waals surface area contributed by atoms with Crippen LogP contribution in [0.15, 0.2) is 47.1 Å². The predicted octanol–water partition coefficient (Wildman–Crippen LogP) is 3.91. The van der Waals surface area contributed by atoms with Crippen LogP contribution < -0.4 is 0 Å². The molecule has 3 aromatic rings. The van der Waals surface area contributed by atoms with E-state index in [0.29, 0.717) is 18.1 Å². The number of thioether (sulfide) groups is 1. The van der Waals surface area contributed by atoms with E-state index in [1.165, 1.54) is 23.1 Å². The predicted molar refractivity (Wildman–Crippen MR) is 106 cm³/mol. The number of benzene rings is 1. The Balaban J connectivity index is 1.76. The number of hydrogen-bond donors (Lipinski definition) is 1. The van der Waals surface area contributed by atoms with E-state index in [-0.39, 0.29) is 12.6 Å². The van der Waals surface area contributed by atoms with E-state index in [0.717, 1.165) is 21.4 Å².